The Balaban J connectivity index is 1.68. The van der Waals surface area contributed by atoms with E-state index in [-0.39, 0.29) is 6.42 Å². The molecule has 0 atom stereocenters. The molecule has 0 radical (unpaired) electrons. The normalized spacial score (nSPS) is 11.0. The van der Waals surface area contributed by atoms with Crippen molar-refractivity contribution in [2.24, 2.45) is 0 Å². The van der Waals surface area contributed by atoms with Crippen molar-refractivity contribution in [3.63, 3.8) is 0 Å². The number of rotatable bonds is 7. The average molecular weight is 412 g/mol. The Morgan fingerprint density at radius 2 is 2.00 bits per heavy atom. The molecular formula is C22H18ClNO3S. The summed E-state index contributed by atoms with van der Waals surface area (Å²) in [6.07, 6.45) is 2.50. The van der Waals surface area contributed by atoms with Gasteiger partial charge in [0.25, 0.3) is 0 Å². The highest BCUT2D eigenvalue weighted by atomic mass is 35.5. The Hall–Kier alpha value is -2.76. The number of nitrogens with one attached hydrogen (secondary N) is 1. The number of aliphatic carboxylic acids is 1. The molecule has 0 aliphatic rings. The first kappa shape index (κ1) is 18.6. The van der Waals surface area contributed by atoms with Crippen LogP contribution in [0.15, 0.2) is 60.8 Å². The van der Waals surface area contributed by atoms with E-state index in [2.05, 4.69) is 11.1 Å². The lowest BCUT2D eigenvalue weighted by atomic mass is 9.99. The van der Waals surface area contributed by atoms with E-state index in [1.54, 1.807) is 0 Å². The number of hydrogen-bond donors (Lipinski definition) is 2. The van der Waals surface area contributed by atoms with Crippen LogP contribution in [0, 0.1) is 0 Å². The van der Waals surface area contributed by atoms with Crippen LogP contribution in [0.1, 0.15) is 16.9 Å². The van der Waals surface area contributed by atoms with E-state index < -0.39 is 5.97 Å². The van der Waals surface area contributed by atoms with Gasteiger partial charge in [-0.1, -0.05) is 23.7 Å². The Labute approximate surface area is 171 Å². The summed E-state index contributed by atoms with van der Waals surface area (Å²) < 4.78 is 6.83. The van der Waals surface area contributed by atoms with Crippen molar-refractivity contribution in [2.45, 2.75) is 19.4 Å². The third-order valence-corrected chi connectivity index (χ3v) is 5.74. The van der Waals surface area contributed by atoms with Crippen LogP contribution in [-0.4, -0.2) is 16.1 Å². The van der Waals surface area contributed by atoms with Crippen LogP contribution < -0.4 is 4.74 Å². The zero-order valence-electron chi connectivity index (χ0n) is 14.9. The van der Waals surface area contributed by atoms with Gasteiger partial charge in [-0.3, -0.25) is 4.79 Å². The fourth-order valence-electron chi connectivity index (χ4n) is 3.13. The summed E-state index contributed by atoms with van der Waals surface area (Å²) >= 11 is 7.50. The Morgan fingerprint density at radius 1 is 1.11 bits per heavy atom. The topological polar surface area (TPSA) is 62.3 Å². The monoisotopic (exact) mass is 411 g/mol. The summed E-state index contributed by atoms with van der Waals surface area (Å²) in [6.45, 7) is 0.436. The second kappa shape index (κ2) is 8.09. The molecule has 0 saturated heterocycles. The number of aromatic nitrogens is 1. The summed E-state index contributed by atoms with van der Waals surface area (Å²) in [6, 6.07) is 17.9. The van der Waals surface area contributed by atoms with Crippen molar-refractivity contribution in [1.29, 1.82) is 0 Å². The molecule has 0 unspecified atom stereocenters. The molecule has 2 aromatic carbocycles. The SMILES string of the molecule is O=C(O)CCc1ccc(OCc2ccc(Cl)s2)c(-c2ccc3[nH]ccc3c2)c1. The Bertz CT molecular complexity index is 1130. The van der Waals surface area contributed by atoms with E-state index in [0.29, 0.717) is 13.0 Å². The molecule has 0 bridgehead atoms. The second-order valence-corrected chi connectivity index (χ2v) is 8.30. The van der Waals surface area contributed by atoms with E-state index >= 15 is 0 Å². The van der Waals surface area contributed by atoms with Gasteiger partial charge in [0, 0.05) is 28.6 Å². The maximum absolute atomic E-state index is 10.9. The minimum atomic E-state index is -0.801. The van der Waals surface area contributed by atoms with E-state index in [1.165, 1.54) is 11.3 Å². The molecule has 0 aliphatic heterocycles. The lowest BCUT2D eigenvalue weighted by Crippen LogP contribution is -1.99. The van der Waals surface area contributed by atoms with Crippen LogP contribution in [0.25, 0.3) is 22.0 Å². The zero-order valence-corrected chi connectivity index (χ0v) is 16.5. The third kappa shape index (κ3) is 4.21. The van der Waals surface area contributed by atoms with Crippen LogP contribution in [0.2, 0.25) is 4.34 Å². The molecule has 28 heavy (non-hydrogen) atoms. The molecule has 4 aromatic rings. The smallest absolute Gasteiger partial charge is 0.303 e. The lowest BCUT2D eigenvalue weighted by molar-refractivity contribution is -0.136. The molecule has 0 aliphatic carbocycles. The number of fused-ring (bicyclic) bond motifs is 1. The maximum Gasteiger partial charge on any atom is 0.303 e. The van der Waals surface area contributed by atoms with Gasteiger partial charge in [0.15, 0.2) is 0 Å². The Kier molecular flexibility index (Phi) is 5.37. The predicted molar refractivity (Wildman–Crippen MR) is 113 cm³/mol. The van der Waals surface area contributed by atoms with Gasteiger partial charge in [0.1, 0.15) is 12.4 Å². The van der Waals surface area contributed by atoms with Gasteiger partial charge >= 0.3 is 5.97 Å². The number of aryl methyl sites for hydroxylation is 1. The standard InChI is InChI=1S/C22H18ClNO3S/c23-21-7-4-17(28-21)13-27-20-6-1-14(2-8-22(25)26)11-18(20)15-3-5-19-16(12-15)9-10-24-19/h1,3-7,9-12,24H,2,8,13H2,(H,25,26). The molecule has 2 N–H and O–H groups in total. The first-order valence-corrected chi connectivity index (χ1v) is 10.1. The fourth-order valence-corrected chi connectivity index (χ4v) is 4.14. The summed E-state index contributed by atoms with van der Waals surface area (Å²) in [5, 5.41) is 10.1. The highest BCUT2D eigenvalue weighted by Crippen LogP contribution is 2.34. The number of carboxylic acid groups (broad SMARTS) is 1. The van der Waals surface area contributed by atoms with Crippen LogP contribution in [-0.2, 0) is 17.8 Å². The van der Waals surface area contributed by atoms with E-state index in [1.807, 2.05) is 54.7 Å². The number of halogens is 1. The average Bonchev–Trinajstić information content (AvgIpc) is 3.32. The lowest BCUT2D eigenvalue weighted by Gasteiger charge is -2.13. The number of carboxylic acids is 1. The molecule has 0 fully saturated rings. The van der Waals surface area contributed by atoms with E-state index in [0.717, 1.165) is 42.6 Å². The van der Waals surface area contributed by atoms with Gasteiger partial charge in [-0.15, -0.1) is 11.3 Å². The number of aromatic amines is 1. The van der Waals surface area contributed by atoms with Crippen molar-refractivity contribution in [1.82, 2.24) is 4.98 Å². The number of thiophene rings is 1. The second-order valence-electron chi connectivity index (χ2n) is 6.50. The zero-order chi connectivity index (χ0) is 19.5. The van der Waals surface area contributed by atoms with E-state index in [9.17, 15) is 4.79 Å². The van der Waals surface area contributed by atoms with Gasteiger partial charge < -0.3 is 14.8 Å². The molecule has 0 spiro atoms. The third-order valence-electron chi connectivity index (χ3n) is 4.53. The molecule has 2 aromatic heterocycles. The first-order chi connectivity index (χ1) is 13.6. The first-order valence-electron chi connectivity index (χ1n) is 8.88. The number of hydrogen-bond acceptors (Lipinski definition) is 3. The van der Waals surface area contributed by atoms with Gasteiger partial charge in [-0.25, -0.2) is 0 Å². The molecule has 4 nitrogen and oxygen atoms in total. The van der Waals surface area contributed by atoms with Crippen LogP contribution in [0.4, 0.5) is 0 Å². The van der Waals surface area contributed by atoms with E-state index in [4.69, 9.17) is 21.4 Å². The van der Waals surface area contributed by atoms with Crippen molar-refractivity contribution in [2.75, 3.05) is 0 Å². The molecular weight excluding hydrogens is 394 g/mol. The van der Waals surface area contributed by atoms with Gasteiger partial charge in [0.05, 0.1) is 4.34 Å². The number of benzene rings is 2. The van der Waals surface area contributed by atoms with Crippen molar-refractivity contribution >= 4 is 39.8 Å². The number of carbonyl (C=O) groups is 1. The number of ether oxygens (including phenoxy) is 1. The van der Waals surface area contributed by atoms with Crippen LogP contribution in [0.5, 0.6) is 5.75 Å². The summed E-state index contributed by atoms with van der Waals surface area (Å²) in [4.78, 5) is 15.2. The minimum Gasteiger partial charge on any atom is -0.487 e. The van der Waals surface area contributed by atoms with Gasteiger partial charge in [0.2, 0.25) is 0 Å². The van der Waals surface area contributed by atoms with Gasteiger partial charge in [-0.2, -0.15) is 0 Å². The highest BCUT2D eigenvalue weighted by Gasteiger charge is 2.11. The quantitative estimate of drug-likeness (QED) is 0.383. The molecule has 4 rings (SSSR count). The molecule has 0 amide bonds. The summed E-state index contributed by atoms with van der Waals surface area (Å²) in [7, 11) is 0. The minimum absolute atomic E-state index is 0.101. The van der Waals surface area contributed by atoms with Crippen molar-refractivity contribution < 1.29 is 14.6 Å². The molecule has 0 saturated carbocycles. The van der Waals surface area contributed by atoms with Crippen molar-refractivity contribution in [3.8, 4) is 16.9 Å². The number of H-pyrrole nitrogens is 1. The Morgan fingerprint density at radius 3 is 2.79 bits per heavy atom. The van der Waals surface area contributed by atoms with Crippen molar-refractivity contribution in [3.05, 3.63) is 75.6 Å². The molecule has 6 heteroatoms. The fraction of sp³-hybridized carbons (Fsp3) is 0.136. The molecule has 142 valence electrons. The summed E-state index contributed by atoms with van der Waals surface area (Å²) in [5.41, 5.74) is 4.02. The largest absolute Gasteiger partial charge is 0.487 e. The summed E-state index contributed by atoms with van der Waals surface area (Å²) in [5.74, 6) is -0.0383. The molecule has 2 heterocycles. The highest BCUT2D eigenvalue weighted by molar-refractivity contribution is 7.16. The van der Waals surface area contributed by atoms with Gasteiger partial charge in [-0.05, 0) is 65.4 Å². The van der Waals surface area contributed by atoms with Crippen LogP contribution in [0.3, 0.4) is 0 Å². The van der Waals surface area contributed by atoms with Crippen LogP contribution >= 0.6 is 22.9 Å². The predicted octanol–water partition coefficient (Wildman–Crippen LogP) is 6.15. The maximum atomic E-state index is 10.9.